The van der Waals surface area contributed by atoms with E-state index in [2.05, 4.69) is 13.0 Å². The van der Waals surface area contributed by atoms with Crippen LogP contribution in [-0.2, 0) is 17.8 Å². The van der Waals surface area contributed by atoms with Crippen molar-refractivity contribution in [3.05, 3.63) is 41.3 Å². The Labute approximate surface area is 227 Å². The van der Waals surface area contributed by atoms with E-state index >= 15 is 4.39 Å². The maximum atomic E-state index is 16.0. The number of amides is 1. The van der Waals surface area contributed by atoms with Gasteiger partial charge >= 0.3 is 0 Å². The van der Waals surface area contributed by atoms with Crippen LogP contribution in [0, 0.1) is 34.9 Å². The molecule has 3 saturated carbocycles. The normalized spacial score (nSPS) is 29.7. The van der Waals surface area contributed by atoms with Crippen LogP contribution in [0.5, 0.6) is 0 Å². The van der Waals surface area contributed by atoms with Gasteiger partial charge in [0.15, 0.2) is 5.82 Å². The minimum absolute atomic E-state index is 0.00202. The van der Waals surface area contributed by atoms with E-state index in [1.807, 2.05) is 26.2 Å². The maximum absolute atomic E-state index is 16.0. The lowest BCUT2D eigenvalue weighted by molar-refractivity contribution is -0.0937. The van der Waals surface area contributed by atoms with E-state index in [0.717, 1.165) is 50.8 Å². The molecule has 0 radical (unpaired) electrons. The summed E-state index contributed by atoms with van der Waals surface area (Å²) in [7, 11) is 1.74. The fourth-order valence-electron chi connectivity index (χ4n) is 7.39. The average molecular weight is 531 g/mol. The number of nitriles is 1. The number of piperidine rings is 1. The first kappa shape index (κ1) is 24.8. The number of nitrogens with zero attached hydrogens (tertiary/aromatic N) is 5. The number of methoxy groups -OCH3 is 1. The Morgan fingerprint density at radius 2 is 1.95 bits per heavy atom. The molecule has 8 nitrogen and oxygen atoms in total. The molecule has 204 valence electrons. The first-order valence-electron chi connectivity index (χ1n) is 14.2. The van der Waals surface area contributed by atoms with Gasteiger partial charge in [0.1, 0.15) is 23.1 Å². The molecule has 3 aliphatic carbocycles. The molecule has 4 aliphatic rings. The summed E-state index contributed by atoms with van der Waals surface area (Å²) < 4.78 is 25.7. The lowest BCUT2D eigenvalue weighted by Gasteiger charge is -2.44. The van der Waals surface area contributed by atoms with Crippen LogP contribution in [-0.4, -0.2) is 56.3 Å². The van der Waals surface area contributed by atoms with Crippen LogP contribution >= 0.6 is 0 Å². The molecule has 2 bridgehead atoms. The number of nitrogens with two attached hydrogens (primary N) is 1. The smallest absolute Gasteiger partial charge is 0.254 e. The number of carbonyl (C=O) groups excluding carboxylic acids is 1. The van der Waals surface area contributed by atoms with E-state index in [9.17, 15) is 10.1 Å². The third-order valence-corrected chi connectivity index (χ3v) is 9.79. The number of ether oxygens (including phenoxy) is 1. The molecule has 2 aromatic heterocycles. The van der Waals surface area contributed by atoms with Crippen LogP contribution in [0.4, 0.5) is 4.39 Å². The third kappa shape index (κ3) is 3.99. The third-order valence-electron chi connectivity index (χ3n) is 9.79. The Morgan fingerprint density at radius 3 is 2.59 bits per heavy atom. The summed E-state index contributed by atoms with van der Waals surface area (Å²) in [6, 6.07) is 9.19. The number of carbonyl (C=O) groups is 1. The summed E-state index contributed by atoms with van der Waals surface area (Å²) in [5.41, 5.74) is 8.78. The molecule has 9 heteroatoms. The zero-order valence-corrected chi connectivity index (χ0v) is 22.6. The summed E-state index contributed by atoms with van der Waals surface area (Å²) in [5, 5.41) is 9.78. The van der Waals surface area contributed by atoms with Crippen molar-refractivity contribution >= 4 is 16.9 Å². The molecule has 1 amide bonds. The Hall–Kier alpha value is -3.22. The van der Waals surface area contributed by atoms with E-state index in [4.69, 9.17) is 15.5 Å². The van der Waals surface area contributed by atoms with E-state index in [0.29, 0.717) is 59.0 Å². The van der Waals surface area contributed by atoms with Crippen molar-refractivity contribution in [1.82, 2.24) is 19.0 Å². The van der Waals surface area contributed by atoms with Crippen LogP contribution in [0.25, 0.3) is 22.6 Å². The van der Waals surface area contributed by atoms with Gasteiger partial charge in [0.2, 0.25) is 0 Å². The Balaban J connectivity index is 1.31. The number of halogens is 1. The minimum atomic E-state index is -0.446. The molecular formula is C30H35FN6O2. The average Bonchev–Trinajstić information content (AvgIpc) is 3.22. The van der Waals surface area contributed by atoms with Gasteiger partial charge in [-0.1, -0.05) is 0 Å². The highest BCUT2D eigenvalue weighted by Gasteiger charge is 2.47. The lowest BCUT2D eigenvalue weighted by Crippen LogP contribution is -2.44. The van der Waals surface area contributed by atoms with Gasteiger partial charge in [-0.05, 0) is 87.5 Å². The van der Waals surface area contributed by atoms with Crippen LogP contribution < -0.4 is 5.73 Å². The molecule has 2 N–H and O–H groups in total. The number of rotatable bonds is 7. The van der Waals surface area contributed by atoms with E-state index in [-0.39, 0.29) is 23.6 Å². The largest absolute Gasteiger partial charge is 0.379 e. The predicted molar refractivity (Wildman–Crippen MR) is 144 cm³/mol. The quantitative estimate of drug-likeness (QED) is 0.491. The van der Waals surface area contributed by atoms with Gasteiger partial charge in [-0.3, -0.25) is 4.79 Å². The van der Waals surface area contributed by atoms with Crippen LogP contribution in [0.15, 0.2) is 24.3 Å². The molecule has 1 aliphatic heterocycles. The highest BCUT2D eigenvalue weighted by Crippen LogP contribution is 2.43. The number of imidazole rings is 1. The molecule has 7 rings (SSSR count). The number of fused-ring (bicyclic) bond motifs is 3. The monoisotopic (exact) mass is 530 g/mol. The molecule has 1 aromatic carbocycles. The fourth-order valence-corrected chi connectivity index (χ4v) is 7.39. The standard InChI is InChI=1S/C30H35FN6O2/c1-30(39-2)11-18(12-30)15-37-27-22(31)9-20(29(38)36-16-19-5-7-24(36)26(19)33)10-23(27)34-28(37)25-8-6-21(13-32)35(25)14-17-3-4-17/h6,8-10,17-19,24,26H,3-5,7,11-12,14-16,33H2,1-2H3/t18?,19-,24-,26-,30?/m1/s1. The molecule has 1 saturated heterocycles. The van der Waals surface area contributed by atoms with Crippen LogP contribution in [0.3, 0.4) is 0 Å². The summed E-state index contributed by atoms with van der Waals surface area (Å²) in [6.07, 6.45) is 6.01. The fraction of sp³-hybridized carbons (Fsp3) is 0.567. The number of aromatic nitrogens is 3. The second-order valence-corrected chi connectivity index (χ2v) is 12.5. The Kier molecular flexibility index (Phi) is 5.66. The molecule has 39 heavy (non-hydrogen) atoms. The van der Waals surface area contributed by atoms with E-state index in [1.54, 1.807) is 13.2 Å². The SMILES string of the molecule is COC1(C)CC(Cn2c(-c3ccc(C#N)n3CC3CC3)nc3cc(C(=O)N4C[C@H]5CC[C@@H]4[C@@H]5N)cc(F)c32)C1. The van der Waals surface area contributed by atoms with E-state index in [1.165, 1.54) is 6.07 Å². The number of benzene rings is 1. The van der Waals surface area contributed by atoms with Crippen molar-refractivity contribution < 1.29 is 13.9 Å². The predicted octanol–water partition coefficient (Wildman–Crippen LogP) is 4.30. The second-order valence-electron chi connectivity index (χ2n) is 12.5. The Morgan fingerprint density at radius 1 is 1.18 bits per heavy atom. The zero-order valence-electron chi connectivity index (χ0n) is 22.6. The van der Waals surface area contributed by atoms with Crippen LogP contribution in [0.2, 0.25) is 0 Å². The van der Waals surface area contributed by atoms with Gasteiger partial charge in [-0.15, -0.1) is 0 Å². The molecule has 4 fully saturated rings. The van der Waals surface area contributed by atoms with Crippen molar-refractivity contribution in [1.29, 1.82) is 5.26 Å². The second kappa shape index (κ2) is 8.90. The summed E-state index contributed by atoms with van der Waals surface area (Å²) in [6.45, 7) is 4.08. The highest BCUT2D eigenvalue weighted by atomic mass is 19.1. The molecular weight excluding hydrogens is 495 g/mol. The highest BCUT2D eigenvalue weighted by molar-refractivity contribution is 5.98. The number of hydrogen-bond donors (Lipinski definition) is 1. The van der Waals surface area contributed by atoms with Gasteiger partial charge in [0.25, 0.3) is 5.91 Å². The number of hydrogen-bond acceptors (Lipinski definition) is 5. The van der Waals surface area contributed by atoms with Gasteiger partial charge in [-0.2, -0.15) is 5.26 Å². The van der Waals surface area contributed by atoms with Crippen molar-refractivity contribution in [3.8, 4) is 17.6 Å². The van der Waals surface area contributed by atoms with Crippen molar-refractivity contribution in [2.24, 2.45) is 23.5 Å². The first-order chi connectivity index (χ1) is 18.8. The van der Waals surface area contributed by atoms with E-state index < -0.39 is 5.82 Å². The molecule has 3 heterocycles. The van der Waals surface area contributed by atoms with Crippen LogP contribution in [0.1, 0.15) is 61.5 Å². The van der Waals surface area contributed by atoms with Crippen molar-refractivity contribution in [3.63, 3.8) is 0 Å². The molecule has 3 atom stereocenters. The summed E-state index contributed by atoms with van der Waals surface area (Å²) in [4.78, 5) is 20.3. The first-order valence-corrected chi connectivity index (χ1v) is 14.2. The maximum Gasteiger partial charge on any atom is 0.254 e. The zero-order chi connectivity index (χ0) is 27.1. The number of likely N-dealkylation sites (tertiary alicyclic amines) is 1. The van der Waals surface area contributed by atoms with Gasteiger partial charge in [0, 0.05) is 44.4 Å². The van der Waals surface area contributed by atoms with Gasteiger partial charge in [0.05, 0.1) is 16.8 Å². The minimum Gasteiger partial charge on any atom is -0.379 e. The molecule has 3 aromatic rings. The molecule has 0 spiro atoms. The van der Waals surface area contributed by atoms with Crippen molar-refractivity contribution in [2.45, 2.75) is 76.2 Å². The summed E-state index contributed by atoms with van der Waals surface area (Å²) in [5.74, 6) is 1.22. The lowest BCUT2D eigenvalue weighted by atomic mass is 9.72. The molecule has 0 unspecified atom stereocenters. The van der Waals surface area contributed by atoms with Gasteiger partial charge in [-0.25, -0.2) is 9.37 Å². The van der Waals surface area contributed by atoms with Gasteiger partial charge < -0.3 is 24.5 Å². The Bertz CT molecular complexity index is 1510. The topological polar surface area (TPSA) is 102 Å². The summed E-state index contributed by atoms with van der Waals surface area (Å²) >= 11 is 0. The van der Waals surface area contributed by atoms with Crippen molar-refractivity contribution in [2.75, 3.05) is 13.7 Å².